The van der Waals surface area contributed by atoms with Crippen molar-refractivity contribution in [2.75, 3.05) is 0 Å². The lowest BCUT2D eigenvalue weighted by Crippen LogP contribution is -2.29. The Labute approximate surface area is 120 Å². The van der Waals surface area contributed by atoms with Gasteiger partial charge in [0.25, 0.3) is 0 Å². The maximum atomic E-state index is 12.0. The molecule has 2 rings (SSSR count). The highest BCUT2D eigenvalue weighted by Crippen LogP contribution is 2.09. The van der Waals surface area contributed by atoms with Crippen molar-refractivity contribution in [2.24, 2.45) is 6.98 Å². The van der Waals surface area contributed by atoms with Gasteiger partial charge in [0, 0.05) is 23.4 Å². The molecular formula is C13H16N4O3. The first kappa shape index (κ1) is 10.4. The number of carbonyl (C=O) groups is 1. The number of carbonyl (C=O) groups excluding carboxylic acids is 1. The molecule has 7 nitrogen and oxygen atoms in total. The molecule has 0 radical (unpaired) electrons. The minimum Gasteiger partial charge on any atom is -0.455 e. The summed E-state index contributed by atoms with van der Waals surface area (Å²) < 4.78 is 28.9. The van der Waals surface area contributed by atoms with E-state index < -0.39 is 24.0 Å². The van der Waals surface area contributed by atoms with Gasteiger partial charge in [-0.2, -0.15) is 10.2 Å². The summed E-state index contributed by atoms with van der Waals surface area (Å²) in [6.45, 7) is 2.59. The lowest BCUT2D eigenvalue weighted by molar-refractivity contribution is 0.00592. The Morgan fingerprint density at radius 2 is 2.20 bits per heavy atom. The van der Waals surface area contributed by atoms with Gasteiger partial charge in [0.15, 0.2) is 0 Å². The molecule has 7 heteroatoms. The monoisotopic (exact) mass is 279 g/mol. The molecule has 0 fully saturated rings. The summed E-state index contributed by atoms with van der Waals surface area (Å²) in [5.74, 6) is -0.847. The van der Waals surface area contributed by atoms with Crippen LogP contribution in [0.4, 0.5) is 0 Å². The van der Waals surface area contributed by atoms with E-state index in [1.807, 2.05) is 0 Å². The van der Waals surface area contributed by atoms with E-state index in [9.17, 15) is 9.59 Å². The molecule has 0 spiro atoms. The standard InChI is InChI=1S/C13H16N4O3/c1-13(2,3)20-12(19)11-10(18)5-6-17(15-11)9-7-14-16(4)8-9/h5-8H,1-4H3/i4D3. The molecule has 0 aliphatic heterocycles. The third kappa shape index (κ3) is 3.11. The van der Waals surface area contributed by atoms with E-state index in [1.165, 1.54) is 23.3 Å². The van der Waals surface area contributed by atoms with Gasteiger partial charge in [-0.15, -0.1) is 0 Å². The molecule has 0 amide bonds. The fourth-order valence-electron chi connectivity index (χ4n) is 1.45. The zero-order valence-electron chi connectivity index (χ0n) is 14.3. The zero-order chi connectivity index (χ0) is 17.4. The molecule has 0 atom stereocenters. The molecule has 0 aliphatic rings. The van der Waals surface area contributed by atoms with Crippen molar-refractivity contribution < 1.29 is 13.6 Å². The molecule has 2 aromatic rings. The van der Waals surface area contributed by atoms with Crippen LogP contribution in [0.1, 0.15) is 35.4 Å². The molecule has 0 aliphatic carbocycles. The summed E-state index contributed by atoms with van der Waals surface area (Å²) in [7, 11) is 0. The molecule has 2 heterocycles. The average molecular weight is 279 g/mol. The first-order valence-corrected chi connectivity index (χ1v) is 5.86. The third-order valence-corrected chi connectivity index (χ3v) is 2.23. The Bertz CT molecular complexity index is 787. The first-order chi connectivity index (χ1) is 10.5. The highest BCUT2D eigenvalue weighted by Gasteiger charge is 2.22. The van der Waals surface area contributed by atoms with Gasteiger partial charge in [-0.1, -0.05) is 0 Å². The number of hydrogen-bond acceptors (Lipinski definition) is 5. The van der Waals surface area contributed by atoms with Crippen LogP contribution < -0.4 is 5.43 Å². The number of aryl methyl sites for hydroxylation is 1. The second kappa shape index (κ2) is 4.92. The van der Waals surface area contributed by atoms with Crippen LogP contribution in [-0.4, -0.2) is 31.1 Å². The van der Waals surface area contributed by atoms with Crippen molar-refractivity contribution in [3.05, 3.63) is 40.6 Å². The SMILES string of the molecule is [2H]C([2H])([2H])n1cc(-n2ccc(=O)c(C(=O)OC(C)(C)C)n2)cn1. The molecular weight excluding hydrogens is 260 g/mol. The lowest BCUT2D eigenvalue weighted by Gasteiger charge is -2.18. The topological polar surface area (TPSA) is 79.0 Å². The molecule has 0 unspecified atom stereocenters. The minimum absolute atomic E-state index is 0.297. The van der Waals surface area contributed by atoms with Crippen LogP contribution in [0.5, 0.6) is 0 Å². The first-order valence-electron chi connectivity index (χ1n) is 7.36. The summed E-state index contributed by atoms with van der Waals surface area (Å²) in [6.07, 6.45) is 3.82. The van der Waals surface area contributed by atoms with E-state index in [-0.39, 0.29) is 5.69 Å². The fourth-order valence-corrected chi connectivity index (χ4v) is 1.45. The van der Waals surface area contributed by atoms with Crippen LogP contribution in [-0.2, 0) is 11.7 Å². The van der Waals surface area contributed by atoms with Crippen molar-refractivity contribution in [1.82, 2.24) is 19.6 Å². The quantitative estimate of drug-likeness (QED) is 0.764. The molecule has 0 saturated carbocycles. The van der Waals surface area contributed by atoms with Crippen LogP contribution in [0.15, 0.2) is 29.5 Å². The van der Waals surface area contributed by atoms with Gasteiger partial charge in [-0.05, 0) is 20.8 Å². The van der Waals surface area contributed by atoms with Crippen LogP contribution in [0.3, 0.4) is 0 Å². The normalized spacial score (nSPS) is 14.2. The van der Waals surface area contributed by atoms with Crippen LogP contribution in [0.25, 0.3) is 5.69 Å². The Balaban J connectivity index is 2.39. The van der Waals surface area contributed by atoms with Gasteiger partial charge >= 0.3 is 5.97 Å². The Morgan fingerprint density at radius 3 is 2.80 bits per heavy atom. The molecule has 0 saturated heterocycles. The second-order valence-corrected chi connectivity index (χ2v) is 5.12. The van der Waals surface area contributed by atoms with Gasteiger partial charge in [0.1, 0.15) is 11.3 Å². The Hall–Kier alpha value is -2.44. The maximum Gasteiger partial charge on any atom is 0.363 e. The van der Waals surface area contributed by atoms with E-state index >= 15 is 0 Å². The van der Waals surface area contributed by atoms with Gasteiger partial charge in [-0.3, -0.25) is 9.48 Å². The minimum atomic E-state index is -2.43. The lowest BCUT2D eigenvalue weighted by atomic mass is 10.2. The molecule has 20 heavy (non-hydrogen) atoms. The highest BCUT2D eigenvalue weighted by atomic mass is 16.6. The Morgan fingerprint density at radius 1 is 1.45 bits per heavy atom. The van der Waals surface area contributed by atoms with E-state index in [0.29, 0.717) is 5.69 Å². The molecule has 106 valence electrons. The second-order valence-electron chi connectivity index (χ2n) is 5.12. The van der Waals surface area contributed by atoms with Gasteiger partial charge in [0.2, 0.25) is 11.1 Å². The van der Waals surface area contributed by atoms with Crippen molar-refractivity contribution in [2.45, 2.75) is 26.4 Å². The highest BCUT2D eigenvalue weighted by molar-refractivity contribution is 5.87. The summed E-state index contributed by atoms with van der Waals surface area (Å²) >= 11 is 0. The molecule has 0 aromatic carbocycles. The number of nitrogens with zero attached hydrogens (tertiary/aromatic N) is 4. The van der Waals surface area contributed by atoms with E-state index in [0.717, 1.165) is 10.7 Å². The number of rotatable bonds is 2. The van der Waals surface area contributed by atoms with Crippen LogP contribution >= 0.6 is 0 Å². The van der Waals surface area contributed by atoms with Crippen molar-refractivity contribution >= 4 is 5.97 Å². The Kier molecular flexibility index (Phi) is 2.55. The predicted octanol–water partition coefficient (Wildman–Crippen LogP) is 0.921. The summed E-state index contributed by atoms with van der Waals surface area (Å²) in [4.78, 5) is 23.8. The number of aromatic nitrogens is 4. The van der Waals surface area contributed by atoms with E-state index in [1.54, 1.807) is 20.8 Å². The predicted molar refractivity (Wildman–Crippen MR) is 71.8 cm³/mol. The van der Waals surface area contributed by atoms with E-state index in [2.05, 4.69) is 10.2 Å². The summed E-state index contributed by atoms with van der Waals surface area (Å²) in [5.41, 5.74) is -1.44. The van der Waals surface area contributed by atoms with Crippen molar-refractivity contribution in [1.29, 1.82) is 0 Å². The maximum absolute atomic E-state index is 12.0. The van der Waals surface area contributed by atoms with Gasteiger partial charge in [-0.25, -0.2) is 9.48 Å². The van der Waals surface area contributed by atoms with Crippen LogP contribution in [0, 0.1) is 0 Å². The smallest absolute Gasteiger partial charge is 0.363 e. The fraction of sp³-hybridized carbons (Fsp3) is 0.385. The number of esters is 1. The van der Waals surface area contributed by atoms with Crippen molar-refractivity contribution in [3.63, 3.8) is 0 Å². The summed E-state index contributed by atoms with van der Waals surface area (Å²) in [6, 6.07) is 1.15. The third-order valence-electron chi connectivity index (χ3n) is 2.23. The van der Waals surface area contributed by atoms with Crippen molar-refractivity contribution in [3.8, 4) is 5.69 Å². The van der Waals surface area contributed by atoms with E-state index in [4.69, 9.17) is 8.85 Å². The van der Waals surface area contributed by atoms with Crippen LogP contribution in [0.2, 0.25) is 0 Å². The summed E-state index contributed by atoms with van der Waals surface area (Å²) in [5, 5.41) is 7.63. The zero-order valence-corrected chi connectivity index (χ0v) is 11.3. The van der Waals surface area contributed by atoms with Gasteiger partial charge < -0.3 is 4.74 Å². The van der Waals surface area contributed by atoms with Gasteiger partial charge in [0.05, 0.1) is 12.4 Å². The largest absolute Gasteiger partial charge is 0.455 e. The number of hydrogen-bond donors (Lipinski definition) is 0. The average Bonchev–Trinajstić information content (AvgIpc) is 2.86. The molecule has 2 aromatic heterocycles. The number of ether oxygens (including phenoxy) is 1. The molecule has 0 N–H and O–H groups in total. The molecule has 0 bridgehead atoms.